The van der Waals surface area contributed by atoms with Crippen LogP contribution in [0, 0.1) is 0 Å². The van der Waals surface area contributed by atoms with E-state index in [0.29, 0.717) is 12.8 Å². The summed E-state index contributed by atoms with van der Waals surface area (Å²) in [5.41, 5.74) is 0. The Morgan fingerprint density at radius 3 is 1.02 bits per heavy atom. The van der Waals surface area contributed by atoms with E-state index in [2.05, 4.69) is 13.8 Å². The van der Waals surface area contributed by atoms with Crippen LogP contribution < -0.4 is 59.1 Å². The summed E-state index contributed by atoms with van der Waals surface area (Å²) in [6.45, 7) is 8.20. The van der Waals surface area contributed by atoms with Crippen molar-refractivity contribution in [3.05, 3.63) is 0 Å². The quantitative estimate of drug-likeness (QED) is 0.0635. The summed E-state index contributed by atoms with van der Waals surface area (Å²) in [6, 6.07) is 0. The van der Waals surface area contributed by atoms with Crippen LogP contribution in [-0.2, 0) is 29.7 Å². The van der Waals surface area contributed by atoms with Crippen molar-refractivity contribution < 1.29 is 94.5 Å². The first-order valence-corrected chi connectivity index (χ1v) is 20.5. The van der Waals surface area contributed by atoms with Crippen molar-refractivity contribution in [3.8, 4) is 0 Å². The zero-order valence-electron chi connectivity index (χ0n) is 30.5. The van der Waals surface area contributed by atoms with Crippen molar-refractivity contribution in [2.45, 2.75) is 194 Å². The van der Waals surface area contributed by atoms with E-state index in [1.165, 1.54) is 116 Å². The Morgan fingerprint density at radius 2 is 0.756 bits per heavy atom. The fourth-order valence-electron chi connectivity index (χ4n) is 5.20. The first-order chi connectivity index (χ1) is 20.3. The van der Waals surface area contributed by atoms with Crippen LogP contribution in [0.3, 0.4) is 0 Å². The molecular formula is C33H68Na2O8S2. The van der Waals surface area contributed by atoms with Crippen LogP contribution in [0.1, 0.15) is 175 Å². The van der Waals surface area contributed by atoms with Gasteiger partial charge in [0.15, 0.2) is 0 Å². The standard InChI is InChI=1S/C19H40O4S.C14H30O4S.2Na/c1-4-5-6-7-8-9-10-11-12-13-14-15-16-19(23-18(2)3)17-24(20,21)22;1-3-4-5-6-7-8-9-10-11-12-14(18-2)13-19(15,16)17;;/h18-19H,4-17H2,1-3H3,(H,20,21,22);14H,3-13H2,1-2H3,(H,15,16,17);;/q;;2*+1/p-2. The second-order valence-electron chi connectivity index (χ2n) is 12.4. The first kappa shape index (κ1) is 53.5. The molecule has 0 heterocycles. The van der Waals surface area contributed by atoms with Crippen molar-refractivity contribution in [1.29, 1.82) is 0 Å². The van der Waals surface area contributed by atoms with Gasteiger partial charge in [0.25, 0.3) is 0 Å². The van der Waals surface area contributed by atoms with Crippen LogP contribution in [-0.4, -0.2) is 62.9 Å². The van der Waals surface area contributed by atoms with E-state index in [1.54, 1.807) is 0 Å². The molecule has 0 saturated heterocycles. The van der Waals surface area contributed by atoms with Crippen molar-refractivity contribution in [3.63, 3.8) is 0 Å². The predicted molar refractivity (Wildman–Crippen MR) is 177 cm³/mol. The molecule has 8 nitrogen and oxygen atoms in total. The number of unbranched alkanes of at least 4 members (excludes halogenated alkanes) is 19. The number of hydrogen-bond donors (Lipinski definition) is 0. The molecule has 2 unspecified atom stereocenters. The zero-order valence-corrected chi connectivity index (χ0v) is 36.1. The van der Waals surface area contributed by atoms with Crippen LogP contribution in [0.5, 0.6) is 0 Å². The van der Waals surface area contributed by atoms with Crippen molar-refractivity contribution >= 4 is 20.2 Å². The van der Waals surface area contributed by atoms with Gasteiger partial charge in [-0.3, -0.25) is 0 Å². The molecule has 0 saturated carbocycles. The van der Waals surface area contributed by atoms with Gasteiger partial charge in [-0.2, -0.15) is 0 Å². The molecule has 0 spiro atoms. The van der Waals surface area contributed by atoms with Crippen LogP contribution in [0.25, 0.3) is 0 Å². The van der Waals surface area contributed by atoms with Crippen LogP contribution in [0.4, 0.5) is 0 Å². The molecule has 0 aliphatic rings. The Labute approximate surface area is 324 Å². The molecule has 0 aromatic carbocycles. The maximum absolute atomic E-state index is 10.9. The first-order valence-electron chi connectivity index (χ1n) is 17.4. The number of rotatable bonds is 30. The number of methoxy groups -OCH3 is 1. The largest absolute Gasteiger partial charge is 1.00 e. The topological polar surface area (TPSA) is 133 Å². The summed E-state index contributed by atoms with van der Waals surface area (Å²) >= 11 is 0. The van der Waals surface area contributed by atoms with E-state index < -0.39 is 43.9 Å². The fourth-order valence-corrected chi connectivity index (χ4v) is 6.65. The fraction of sp³-hybridized carbons (Fsp3) is 1.00. The van der Waals surface area contributed by atoms with Crippen molar-refractivity contribution in [1.82, 2.24) is 0 Å². The third-order valence-electron chi connectivity index (χ3n) is 7.59. The van der Waals surface area contributed by atoms with E-state index >= 15 is 0 Å². The normalized spacial score (nSPS) is 13.0. The Kier molecular flexibility index (Phi) is 44.0. The van der Waals surface area contributed by atoms with E-state index in [0.717, 1.165) is 25.7 Å². The van der Waals surface area contributed by atoms with E-state index in [-0.39, 0.29) is 65.2 Å². The summed E-state index contributed by atoms with van der Waals surface area (Å²) in [7, 11) is -6.92. The third kappa shape index (κ3) is 47.9. The average molecular weight is 703 g/mol. The summed E-state index contributed by atoms with van der Waals surface area (Å²) in [6.07, 6.45) is 26.7. The van der Waals surface area contributed by atoms with Gasteiger partial charge in [0.1, 0.15) is 0 Å². The Bertz CT molecular complexity index is 797. The molecule has 0 aliphatic carbocycles. The summed E-state index contributed by atoms with van der Waals surface area (Å²) in [4.78, 5) is 0. The molecule has 0 N–H and O–H groups in total. The molecule has 12 heteroatoms. The minimum Gasteiger partial charge on any atom is -0.748 e. The molecule has 0 aromatic rings. The summed E-state index contributed by atoms with van der Waals surface area (Å²) in [5.74, 6) is -0.802. The molecule has 0 aromatic heterocycles. The average Bonchev–Trinajstić information content (AvgIpc) is 2.90. The minimum atomic E-state index is -4.21. The molecule has 45 heavy (non-hydrogen) atoms. The zero-order chi connectivity index (χ0) is 32.8. The molecule has 0 amide bonds. The molecule has 0 rings (SSSR count). The maximum atomic E-state index is 10.9. The molecule has 0 aliphatic heterocycles. The molecule has 0 bridgehead atoms. The Hall–Kier alpha value is 1.74. The Balaban J connectivity index is -0.000000366. The van der Waals surface area contributed by atoms with E-state index in [1.807, 2.05) is 13.8 Å². The van der Waals surface area contributed by atoms with Gasteiger partial charge in [-0.05, 0) is 26.7 Å². The van der Waals surface area contributed by atoms with Gasteiger partial charge >= 0.3 is 59.1 Å². The predicted octanol–water partition coefficient (Wildman–Crippen LogP) is 2.89. The third-order valence-corrected chi connectivity index (χ3v) is 9.15. The minimum absolute atomic E-state index is 0. The SMILES string of the molecule is CCCCCCCCCCCC(CS(=O)(=O)[O-])OC.CCCCCCCCCCCCCCC(CS(=O)(=O)[O-])OC(C)C.[Na+].[Na+]. The van der Waals surface area contributed by atoms with Crippen molar-refractivity contribution in [2.24, 2.45) is 0 Å². The van der Waals surface area contributed by atoms with Gasteiger partial charge < -0.3 is 18.6 Å². The monoisotopic (exact) mass is 702 g/mol. The molecule has 262 valence electrons. The molecule has 0 radical (unpaired) electrons. The van der Waals surface area contributed by atoms with Crippen LogP contribution in [0.2, 0.25) is 0 Å². The van der Waals surface area contributed by atoms with Crippen molar-refractivity contribution in [2.75, 3.05) is 18.6 Å². The van der Waals surface area contributed by atoms with Gasteiger partial charge in [-0.15, -0.1) is 0 Å². The molecule has 0 fully saturated rings. The summed E-state index contributed by atoms with van der Waals surface area (Å²) < 4.78 is 75.2. The number of hydrogen-bond acceptors (Lipinski definition) is 8. The number of ether oxygens (including phenoxy) is 2. The molecule has 2 atom stereocenters. The van der Waals surface area contributed by atoms with Gasteiger partial charge in [0.2, 0.25) is 0 Å². The summed E-state index contributed by atoms with van der Waals surface area (Å²) in [5, 5.41) is 0. The van der Waals surface area contributed by atoms with E-state index in [4.69, 9.17) is 9.47 Å². The second-order valence-corrected chi connectivity index (χ2v) is 15.3. The van der Waals surface area contributed by atoms with Crippen LogP contribution >= 0.6 is 0 Å². The molecular weight excluding hydrogens is 634 g/mol. The maximum Gasteiger partial charge on any atom is 1.00 e. The van der Waals surface area contributed by atoms with E-state index in [9.17, 15) is 25.9 Å². The van der Waals surface area contributed by atoms with Gasteiger partial charge in [-0.1, -0.05) is 149 Å². The van der Waals surface area contributed by atoms with Gasteiger partial charge in [0.05, 0.1) is 50.1 Å². The van der Waals surface area contributed by atoms with Crippen LogP contribution in [0.15, 0.2) is 0 Å². The smallest absolute Gasteiger partial charge is 0.748 e. The van der Waals surface area contributed by atoms with Gasteiger partial charge in [-0.25, -0.2) is 16.8 Å². The second kappa shape index (κ2) is 37.0. The Morgan fingerprint density at radius 1 is 0.489 bits per heavy atom. The van der Waals surface area contributed by atoms with Gasteiger partial charge in [0, 0.05) is 7.11 Å².